The van der Waals surface area contributed by atoms with Crippen LogP contribution in [0.5, 0.6) is 11.5 Å². The molecule has 1 aromatic heterocycles. The highest BCUT2D eigenvalue weighted by Crippen LogP contribution is 2.48. The minimum absolute atomic E-state index is 0.0183. The summed E-state index contributed by atoms with van der Waals surface area (Å²) in [6.45, 7) is 4.31. The van der Waals surface area contributed by atoms with Gasteiger partial charge in [0.25, 0.3) is 0 Å². The van der Waals surface area contributed by atoms with Gasteiger partial charge in [-0.3, -0.25) is 4.79 Å². The fourth-order valence-corrected chi connectivity index (χ4v) is 4.68. The van der Waals surface area contributed by atoms with Gasteiger partial charge in [-0.15, -0.1) is 0 Å². The first-order valence-electron chi connectivity index (χ1n) is 11.7. The molecule has 1 atom stereocenters. The summed E-state index contributed by atoms with van der Waals surface area (Å²) in [5.74, 6) is 2.52. The molecule has 1 saturated carbocycles. The summed E-state index contributed by atoms with van der Waals surface area (Å²) in [5.41, 5.74) is 3.20. The zero-order valence-corrected chi connectivity index (χ0v) is 20.3. The molecule has 0 N–H and O–H groups in total. The number of amides is 1. The van der Waals surface area contributed by atoms with Crippen LogP contribution in [0.15, 0.2) is 24.3 Å². The van der Waals surface area contributed by atoms with Gasteiger partial charge in [-0.2, -0.15) is 5.26 Å². The number of nitrogens with zero attached hydrogens (tertiary/aromatic N) is 4. The van der Waals surface area contributed by atoms with Gasteiger partial charge in [-0.05, 0) is 38.0 Å². The number of benzene rings is 1. The average molecular weight is 465 g/mol. The SMILES string of the molecule is COCCC(=O)N1CCN(c2nc(C3CC3)c(-c3c(OC)cccc3OC)cc2C#N)CC1C. The number of carbonyl (C=O) groups excluding carboxylic acids is 1. The molecule has 4 rings (SSSR count). The third-order valence-corrected chi connectivity index (χ3v) is 6.58. The Morgan fingerprint density at radius 1 is 1.18 bits per heavy atom. The molecule has 8 nitrogen and oxygen atoms in total. The number of carbonyl (C=O) groups is 1. The fourth-order valence-electron chi connectivity index (χ4n) is 4.68. The van der Waals surface area contributed by atoms with Crippen molar-refractivity contribution in [3.8, 4) is 28.7 Å². The molecule has 0 radical (unpaired) electrons. The molecule has 2 heterocycles. The van der Waals surface area contributed by atoms with Crippen LogP contribution in [-0.4, -0.2) is 69.4 Å². The zero-order chi connectivity index (χ0) is 24.2. The molecule has 1 aliphatic heterocycles. The number of rotatable bonds is 8. The quantitative estimate of drug-likeness (QED) is 0.590. The Labute approximate surface area is 201 Å². The maximum Gasteiger partial charge on any atom is 0.225 e. The first-order valence-corrected chi connectivity index (χ1v) is 11.7. The van der Waals surface area contributed by atoms with Crippen LogP contribution in [0.25, 0.3) is 11.1 Å². The molecule has 0 bridgehead atoms. The molecule has 8 heteroatoms. The van der Waals surface area contributed by atoms with E-state index in [-0.39, 0.29) is 11.9 Å². The predicted molar refractivity (Wildman–Crippen MR) is 129 cm³/mol. The summed E-state index contributed by atoms with van der Waals surface area (Å²) in [7, 11) is 4.87. The van der Waals surface area contributed by atoms with Gasteiger partial charge in [0.2, 0.25) is 5.91 Å². The van der Waals surface area contributed by atoms with Crippen LogP contribution in [-0.2, 0) is 9.53 Å². The van der Waals surface area contributed by atoms with E-state index in [1.807, 2.05) is 36.1 Å². The minimum atomic E-state index is 0.0183. The summed E-state index contributed by atoms with van der Waals surface area (Å²) >= 11 is 0. The van der Waals surface area contributed by atoms with E-state index in [2.05, 4.69) is 11.0 Å². The lowest BCUT2D eigenvalue weighted by Crippen LogP contribution is -2.54. The zero-order valence-electron chi connectivity index (χ0n) is 20.3. The number of aromatic nitrogens is 1. The number of methoxy groups -OCH3 is 3. The number of piperazine rings is 1. The maximum absolute atomic E-state index is 12.5. The summed E-state index contributed by atoms with van der Waals surface area (Å²) in [4.78, 5) is 21.7. The van der Waals surface area contributed by atoms with Crippen molar-refractivity contribution >= 4 is 11.7 Å². The highest BCUT2D eigenvalue weighted by molar-refractivity contribution is 5.82. The predicted octanol–water partition coefficient (Wildman–Crippen LogP) is 3.59. The lowest BCUT2D eigenvalue weighted by atomic mass is 9.97. The normalized spacial score (nSPS) is 17.9. The molecule has 2 fully saturated rings. The van der Waals surface area contributed by atoms with Crippen molar-refractivity contribution in [3.05, 3.63) is 35.5 Å². The molecule has 1 aromatic carbocycles. The van der Waals surface area contributed by atoms with E-state index in [1.54, 1.807) is 21.3 Å². The minimum Gasteiger partial charge on any atom is -0.496 e. The largest absolute Gasteiger partial charge is 0.496 e. The van der Waals surface area contributed by atoms with Crippen molar-refractivity contribution in [1.29, 1.82) is 5.26 Å². The Morgan fingerprint density at radius 3 is 2.44 bits per heavy atom. The Kier molecular flexibility index (Phi) is 7.23. The van der Waals surface area contributed by atoms with E-state index in [0.717, 1.165) is 29.7 Å². The summed E-state index contributed by atoms with van der Waals surface area (Å²) in [6, 6.07) is 9.99. The molecular weight excluding hydrogens is 432 g/mol. The third-order valence-electron chi connectivity index (χ3n) is 6.58. The van der Waals surface area contributed by atoms with Crippen molar-refractivity contribution in [2.24, 2.45) is 0 Å². The molecule has 2 aliphatic rings. The van der Waals surface area contributed by atoms with Crippen molar-refractivity contribution in [2.75, 3.05) is 52.5 Å². The van der Waals surface area contributed by atoms with Gasteiger partial charge in [0.1, 0.15) is 23.4 Å². The second-order valence-electron chi connectivity index (χ2n) is 8.84. The first-order chi connectivity index (χ1) is 16.5. The van der Waals surface area contributed by atoms with E-state index < -0.39 is 0 Å². The summed E-state index contributed by atoms with van der Waals surface area (Å²) in [6.07, 6.45) is 2.52. The smallest absolute Gasteiger partial charge is 0.225 e. The molecule has 2 aromatic rings. The van der Waals surface area contributed by atoms with Crippen LogP contribution in [0.1, 0.15) is 43.4 Å². The van der Waals surface area contributed by atoms with Crippen molar-refractivity contribution in [2.45, 2.75) is 38.1 Å². The Bertz CT molecular complexity index is 1070. The van der Waals surface area contributed by atoms with Crippen LogP contribution in [0.2, 0.25) is 0 Å². The van der Waals surface area contributed by atoms with Crippen LogP contribution >= 0.6 is 0 Å². The number of ether oxygens (including phenoxy) is 3. The van der Waals surface area contributed by atoms with Crippen molar-refractivity contribution in [1.82, 2.24) is 9.88 Å². The molecule has 1 saturated heterocycles. The van der Waals surface area contributed by atoms with Crippen LogP contribution in [0, 0.1) is 11.3 Å². The summed E-state index contributed by atoms with van der Waals surface area (Å²) in [5, 5.41) is 10.1. The van der Waals surface area contributed by atoms with Gasteiger partial charge in [-0.25, -0.2) is 4.98 Å². The van der Waals surface area contributed by atoms with E-state index in [4.69, 9.17) is 19.2 Å². The average Bonchev–Trinajstić information content (AvgIpc) is 3.71. The molecule has 1 aliphatic carbocycles. The Balaban J connectivity index is 1.70. The fraction of sp³-hybridized carbons (Fsp3) is 0.500. The van der Waals surface area contributed by atoms with E-state index in [9.17, 15) is 10.1 Å². The van der Waals surface area contributed by atoms with Gasteiger partial charge >= 0.3 is 0 Å². The van der Waals surface area contributed by atoms with E-state index >= 15 is 0 Å². The lowest BCUT2D eigenvalue weighted by molar-refractivity contribution is -0.134. The molecule has 180 valence electrons. The van der Waals surface area contributed by atoms with Crippen molar-refractivity contribution in [3.63, 3.8) is 0 Å². The Hall–Kier alpha value is -3.31. The van der Waals surface area contributed by atoms with E-state index in [1.165, 1.54) is 0 Å². The Morgan fingerprint density at radius 2 is 1.88 bits per heavy atom. The standard InChI is InChI=1S/C26H32N4O4/c1-17-16-29(11-12-30(17)23(31)10-13-32-2)26-19(15-27)14-20(25(28-26)18-8-9-18)24-21(33-3)6-5-7-22(24)34-4/h5-7,14,17-18H,8-13,16H2,1-4H3. The van der Waals surface area contributed by atoms with Crippen LogP contribution in [0.3, 0.4) is 0 Å². The number of pyridine rings is 1. The highest BCUT2D eigenvalue weighted by atomic mass is 16.5. The number of hydrogen-bond donors (Lipinski definition) is 0. The molecule has 1 amide bonds. The molecule has 1 unspecified atom stereocenters. The summed E-state index contributed by atoms with van der Waals surface area (Å²) < 4.78 is 16.4. The van der Waals surface area contributed by atoms with Crippen LogP contribution < -0.4 is 14.4 Å². The second kappa shape index (κ2) is 10.3. The lowest BCUT2D eigenvalue weighted by Gasteiger charge is -2.41. The number of hydrogen-bond acceptors (Lipinski definition) is 7. The van der Waals surface area contributed by atoms with Crippen molar-refractivity contribution < 1.29 is 19.0 Å². The van der Waals surface area contributed by atoms with E-state index in [0.29, 0.717) is 61.5 Å². The monoisotopic (exact) mass is 464 g/mol. The molecule has 0 spiro atoms. The topological polar surface area (TPSA) is 87.9 Å². The number of anilines is 1. The molecule has 34 heavy (non-hydrogen) atoms. The van der Waals surface area contributed by atoms with Gasteiger partial charge in [0.15, 0.2) is 0 Å². The second-order valence-corrected chi connectivity index (χ2v) is 8.84. The maximum atomic E-state index is 12.5. The number of nitriles is 1. The third kappa shape index (κ3) is 4.66. The molecular formula is C26H32N4O4. The van der Waals surface area contributed by atoms with Gasteiger partial charge in [-0.1, -0.05) is 6.07 Å². The van der Waals surface area contributed by atoms with Gasteiger partial charge in [0.05, 0.1) is 44.1 Å². The highest BCUT2D eigenvalue weighted by Gasteiger charge is 2.34. The van der Waals surface area contributed by atoms with Gasteiger partial charge < -0.3 is 24.0 Å². The van der Waals surface area contributed by atoms with Gasteiger partial charge in [0, 0.05) is 44.3 Å². The first kappa shape index (κ1) is 23.8. The van der Waals surface area contributed by atoms with Crippen LogP contribution in [0.4, 0.5) is 5.82 Å².